The number of nitro benzene ring substituents is 1. The SMILES string of the molecule is CC1(CNc2cccc(F)c2[N+](=O)[O-])CCCNC1. The van der Waals surface area contributed by atoms with Gasteiger partial charge in [-0.1, -0.05) is 13.0 Å². The van der Waals surface area contributed by atoms with Crippen LogP contribution >= 0.6 is 0 Å². The quantitative estimate of drug-likeness (QED) is 0.650. The fourth-order valence-electron chi connectivity index (χ4n) is 2.42. The minimum absolute atomic E-state index is 0.0401. The zero-order chi connectivity index (χ0) is 13.9. The van der Waals surface area contributed by atoms with Crippen LogP contribution in [-0.4, -0.2) is 24.6 Å². The lowest BCUT2D eigenvalue weighted by molar-refractivity contribution is -0.386. The number of benzene rings is 1. The zero-order valence-electron chi connectivity index (χ0n) is 10.9. The van der Waals surface area contributed by atoms with Gasteiger partial charge in [-0.3, -0.25) is 10.1 Å². The van der Waals surface area contributed by atoms with E-state index in [1.165, 1.54) is 6.07 Å². The minimum atomic E-state index is -0.804. The van der Waals surface area contributed by atoms with Gasteiger partial charge in [0.25, 0.3) is 0 Å². The van der Waals surface area contributed by atoms with Crippen molar-refractivity contribution in [1.29, 1.82) is 0 Å². The van der Waals surface area contributed by atoms with Gasteiger partial charge < -0.3 is 10.6 Å². The van der Waals surface area contributed by atoms with Crippen LogP contribution in [0.25, 0.3) is 0 Å². The normalized spacial score (nSPS) is 23.1. The van der Waals surface area contributed by atoms with Gasteiger partial charge in [-0.15, -0.1) is 0 Å². The highest BCUT2D eigenvalue weighted by atomic mass is 19.1. The molecule has 0 bridgehead atoms. The van der Waals surface area contributed by atoms with Crippen molar-refractivity contribution in [2.24, 2.45) is 5.41 Å². The third kappa shape index (κ3) is 3.20. The van der Waals surface area contributed by atoms with Crippen molar-refractivity contribution in [3.05, 3.63) is 34.1 Å². The number of rotatable bonds is 4. The molecule has 1 fully saturated rings. The highest BCUT2D eigenvalue weighted by Gasteiger charge is 2.28. The number of halogens is 1. The third-order valence-electron chi connectivity index (χ3n) is 3.56. The minimum Gasteiger partial charge on any atom is -0.379 e. The van der Waals surface area contributed by atoms with Crippen molar-refractivity contribution >= 4 is 11.4 Å². The number of hydrogen-bond acceptors (Lipinski definition) is 4. The zero-order valence-corrected chi connectivity index (χ0v) is 10.9. The van der Waals surface area contributed by atoms with Gasteiger partial charge in [-0.25, -0.2) is 0 Å². The molecule has 5 nitrogen and oxygen atoms in total. The van der Waals surface area contributed by atoms with Crippen molar-refractivity contribution in [1.82, 2.24) is 5.32 Å². The van der Waals surface area contributed by atoms with Crippen LogP contribution in [0, 0.1) is 21.3 Å². The molecule has 0 spiro atoms. The Kier molecular flexibility index (Phi) is 3.99. The van der Waals surface area contributed by atoms with Crippen molar-refractivity contribution in [2.75, 3.05) is 25.0 Å². The summed E-state index contributed by atoms with van der Waals surface area (Å²) in [7, 11) is 0. The summed E-state index contributed by atoms with van der Waals surface area (Å²) in [6.07, 6.45) is 2.14. The average Bonchev–Trinajstić information content (AvgIpc) is 2.37. The van der Waals surface area contributed by atoms with Crippen molar-refractivity contribution in [3.63, 3.8) is 0 Å². The molecule has 0 radical (unpaired) electrons. The molecule has 1 aliphatic rings. The molecule has 104 valence electrons. The lowest BCUT2D eigenvalue weighted by Crippen LogP contribution is -2.42. The monoisotopic (exact) mass is 267 g/mol. The molecule has 0 aliphatic carbocycles. The molecular weight excluding hydrogens is 249 g/mol. The van der Waals surface area contributed by atoms with Crippen LogP contribution in [0.3, 0.4) is 0 Å². The van der Waals surface area contributed by atoms with Gasteiger partial charge in [0.05, 0.1) is 4.92 Å². The summed E-state index contributed by atoms with van der Waals surface area (Å²) >= 11 is 0. The second-order valence-electron chi connectivity index (χ2n) is 5.34. The highest BCUT2D eigenvalue weighted by molar-refractivity contribution is 5.62. The van der Waals surface area contributed by atoms with E-state index in [-0.39, 0.29) is 11.1 Å². The Morgan fingerprint density at radius 1 is 1.58 bits per heavy atom. The Hall–Kier alpha value is -1.69. The summed E-state index contributed by atoms with van der Waals surface area (Å²) in [6, 6.07) is 4.13. The number of hydrogen-bond donors (Lipinski definition) is 2. The van der Waals surface area contributed by atoms with E-state index in [9.17, 15) is 14.5 Å². The molecular formula is C13H18FN3O2. The van der Waals surface area contributed by atoms with E-state index in [1.807, 2.05) is 0 Å². The molecule has 1 saturated heterocycles. The second kappa shape index (κ2) is 5.52. The number of piperidine rings is 1. The molecule has 6 heteroatoms. The summed E-state index contributed by atoms with van der Waals surface area (Å²) < 4.78 is 13.5. The maximum atomic E-state index is 13.5. The highest BCUT2D eigenvalue weighted by Crippen LogP contribution is 2.30. The molecule has 1 unspecified atom stereocenters. The molecule has 1 aromatic rings. The van der Waals surface area contributed by atoms with Crippen molar-refractivity contribution in [2.45, 2.75) is 19.8 Å². The first-order valence-corrected chi connectivity index (χ1v) is 6.39. The van der Waals surface area contributed by atoms with E-state index in [1.54, 1.807) is 6.07 Å². The van der Waals surface area contributed by atoms with Crippen LogP contribution in [0.2, 0.25) is 0 Å². The largest absolute Gasteiger partial charge is 0.379 e. The van der Waals surface area contributed by atoms with Crippen LogP contribution in [0.15, 0.2) is 18.2 Å². The molecule has 1 atom stereocenters. The van der Waals surface area contributed by atoms with Gasteiger partial charge in [0, 0.05) is 13.1 Å². The third-order valence-corrected chi connectivity index (χ3v) is 3.56. The predicted octanol–water partition coefficient (Wildman–Crippen LogP) is 2.54. The Labute approximate surface area is 111 Å². The summed E-state index contributed by atoms with van der Waals surface area (Å²) in [5, 5.41) is 17.2. The Morgan fingerprint density at radius 2 is 2.37 bits per heavy atom. The average molecular weight is 267 g/mol. The lowest BCUT2D eigenvalue weighted by Gasteiger charge is -2.34. The topological polar surface area (TPSA) is 67.2 Å². The molecule has 2 rings (SSSR count). The summed E-state index contributed by atoms with van der Waals surface area (Å²) in [6.45, 7) is 4.58. The molecule has 1 aliphatic heterocycles. The van der Waals surface area contributed by atoms with Crippen LogP contribution in [0.4, 0.5) is 15.8 Å². The second-order valence-corrected chi connectivity index (χ2v) is 5.34. The van der Waals surface area contributed by atoms with E-state index in [0.717, 1.165) is 32.0 Å². The van der Waals surface area contributed by atoms with E-state index in [4.69, 9.17) is 0 Å². The molecule has 0 amide bonds. The van der Waals surface area contributed by atoms with Gasteiger partial charge in [-0.05, 0) is 36.9 Å². The molecule has 1 heterocycles. The number of nitro groups is 1. The first-order valence-electron chi connectivity index (χ1n) is 6.39. The number of nitrogens with one attached hydrogen (secondary N) is 2. The number of anilines is 1. The Morgan fingerprint density at radius 3 is 3.00 bits per heavy atom. The standard InChI is InChI=1S/C13H18FN3O2/c1-13(6-3-7-15-8-13)9-16-11-5-2-4-10(14)12(11)17(18)19/h2,4-5,15-16H,3,6-9H2,1H3. The van der Waals surface area contributed by atoms with Gasteiger partial charge in [-0.2, -0.15) is 4.39 Å². The molecule has 1 aromatic carbocycles. The maximum absolute atomic E-state index is 13.5. The van der Waals surface area contributed by atoms with Crippen molar-refractivity contribution in [3.8, 4) is 0 Å². The first kappa shape index (κ1) is 13.7. The van der Waals surface area contributed by atoms with Gasteiger partial charge in [0.1, 0.15) is 5.69 Å². The molecule has 0 aromatic heterocycles. The maximum Gasteiger partial charge on any atom is 0.327 e. The van der Waals surface area contributed by atoms with Gasteiger partial charge in [0.2, 0.25) is 5.82 Å². The van der Waals surface area contributed by atoms with Gasteiger partial charge >= 0.3 is 5.69 Å². The van der Waals surface area contributed by atoms with E-state index in [0.29, 0.717) is 6.54 Å². The predicted molar refractivity (Wildman–Crippen MR) is 71.8 cm³/mol. The van der Waals surface area contributed by atoms with Crippen LogP contribution in [0.1, 0.15) is 19.8 Å². The van der Waals surface area contributed by atoms with Crippen LogP contribution in [0.5, 0.6) is 0 Å². The van der Waals surface area contributed by atoms with Crippen LogP contribution < -0.4 is 10.6 Å². The fraction of sp³-hybridized carbons (Fsp3) is 0.538. The fourth-order valence-corrected chi connectivity index (χ4v) is 2.42. The van der Waals surface area contributed by atoms with E-state index >= 15 is 0 Å². The molecule has 2 N–H and O–H groups in total. The summed E-state index contributed by atoms with van der Waals surface area (Å²) in [5.41, 5.74) is -0.190. The smallest absolute Gasteiger partial charge is 0.327 e. The first-order chi connectivity index (χ1) is 9.02. The van der Waals surface area contributed by atoms with Gasteiger partial charge in [0.15, 0.2) is 0 Å². The van der Waals surface area contributed by atoms with E-state index in [2.05, 4.69) is 17.6 Å². The summed E-state index contributed by atoms with van der Waals surface area (Å²) in [5.74, 6) is -0.804. The van der Waals surface area contributed by atoms with Crippen molar-refractivity contribution < 1.29 is 9.31 Å². The van der Waals surface area contributed by atoms with Crippen LogP contribution in [-0.2, 0) is 0 Å². The number of para-hydroxylation sites is 1. The number of nitrogens with zero attached hydrogens (tertiary/aromatic N) is 1. The Bertz CT molecular complexity index is 473. The Balaban J connectivity index is 2.11. The molecule has 0 saturated carbocycles. The lowest BCUT2D eigenvalue weighted by atomic mass is 9.83. The summed E-state index contributed by atoms with van der Waals surface area (Å²) in [4.78, 5) is 10.2. The molecule has 19 heavy (non-hydrogen) atoms. The van der Waals surface area contributed by atoms with E-state index < -0.39 is 16.4 Å².